The molecule has 1 fully saturated rings. The summed E-state index contributed by atoms with van der Waals surface area (Å²) in [6.07, 6.45) is 7.56. The number of likely N-dealkylation sites (tertiary alicyclic amines) is 1. The molecule has 1 heterocycles. The number of carboxylic acid groups (broad SMARTS) is 1. The molecule has 2 amide bonds. The van der Waals surface area contributed by atoms with Gasteiger partial charge in [0, 0.05) is 26.1 Å². The third-order valence-electron chi connectivity index (χ3n) is 3.55. The summed E-state index contributed by atoms with van der Waals surface area (Å²) < 4.78 is 0. The van der Waals surface area contributed by atoms with Gasteiger partial charge in [-0.25, -0.2) is 4.79 Å². The molecule has 2 N–H and O–H groups in total. The fourth-order valence-electron chi connectivity index (χ4n) is 2.16. The van der Waals surface area contributed by atoms with Gasteiger partial charge in [0.15, 0.2) is 0 Å². The van der Waals surface area contributed by atoms with Gasteiger partial charge >= 0.3 is 12.0 Å². The zero-order valence-electron chi connectivity index (χ0n) is 10.7. The van der Waals surface area contributed by atoms with Crippen molar-refractivity contribution in [3.63, 3.8) is 0 Å². The number of carbonyl (C=O) groups is 2. The fourth-order valence-corrected chi connectivity index (χ4v) is 2.16. The summed E-state index contributed by atoms with van der Waals surface area (Å²) in [5.41, 5.74) is -0.768. The van der Waals surface area contributed by atoms with Crippen LogP contribution in [-0.2, 0) is 4.79 Å². The summed E-state index contributed by atoms with van der Waals surface area (Å²) >= 11 is 0. The Morgan fingerprint density at radius 1 is 1.56 bits per heavy atom. The number of hydrogen-bond donors (Lipinski definition) is 2. The van der Waals surface area contributed by atoms with Gasteiger partial charge < -0.3 is 15.3 Å². The predicted molar refractivity (Wildman–Crippen MR) is 68.0 cm³/mol. The number of urea groups is 1. The Kier molecular flexibility index (Phi) is 5.02. The minimum Gasteiger partial charge on any atom is -0.481 e. The molecule has 1 atom stereocenters. The standard InChI is InChI=1S/C13H20N2O3/c1-3-5-6-8-14-12(18)15-9-7-13(4-2,10-15)11(16)17/h1H,4-10H2,2H3,(H,14,18)(H,16,17). The van der Waals surface area contributed by atoms with E-state index in [0.29, 0.717) is 38.9 Å². The van der Waals surface area contributed by atoms with Gasteiger partial charge in [-0.1, -0.05) is 6.92 Å². The largest absolute Gasteiger partial charge is 0.481 e. The highest BCUT2D eigenvalue weighted by molar-refractivity contribution is 5.79. The fraction of sp³-hybridized carbons (Fsp3) is 0.692. The maximum Gasteiger partial charge on any atom is 0.317 e. The Balaban J connectivity index is 2.44. The van der Waals surface area contributed by atoms with Gasteiger partial charge in [0.1, 0.15) is 0 Å². The van der Waals surface area contributed by atoms with Crippen LogP contribution in [0.4, 0.5) is 4.79 Å². The highest BCUT2D eigenvalue weighted by Crippen LogP contribution is 2.34. The lowest BCUT2D eigenvalue weighted by Gasteiger charge is -2.23. The maximum absolute atomic E-state index is 11.8. The van der Waals surface area contributed by atoms with Gasteiger partial charge in [-0.05, 0) is 19.3 Å². The van der Waals surface area contributed by atoms with Gasteiger partial charge in [0.25, 0.3) is 0 Å². The summed E-state index contributed by atoms with van der Waals surface area (Å²) in [6, 6.07) is -0.191. The average Bonchev–Trinajstić information content (AvgIpc) is 2.80. The van der Waals surface area contributed by atoms with Crippen LogP contribution in [0.2, 0.25) is 0 Å². The summed E-state index contributed by atoms with van der Waals surface area (Å²) in [5.74, 6) is 1.69. The lowest BCUT2D eigenvalue weighted by Crippen LogP contribution is -2.41. The van der Waals surface area contributed by atoms with Crippen molar-refractivity contribution in [2.24, 2.45) is 5.41 Å². The summed E-state index contributed by atoms with van der Waals surface area (Å²) in [4.78, 5) is 24.6. The van der Waals surface area contributed by atoms with E-state index in [9.17, 15) is 14.7 Å². The Morgan fingerprint density at radius 3 is 2.78 bits per heavy atom. The first-order valence-corrected chi connectivity index (χ1v) is 6.25. The lowest BCUT2D eigenvalue weighted by molar-refractivity contribution is -0.148. The zero-order valence-corrected chi connectivity index (χ0v) is 10.7. The minimum absolute atomic E-state index is 0.191. The van der Waals surface area contributed by atoms with E-state index in [1.807, 2.05) is 6.92 Å². The quantitative estimate of drug-likeness (QED) is 0.572. The normalized spacial score (nSPS) is 22.6. The maximum atomic E-state index is 11.8. The van der Waals surface area contributed by atoms with Crippen molar-refractivity contribution < 1.29 is 14.7 Å². The highest BCUT2D eigenvalue weighted by atomic mass is 16.4. The number of unbranched alkanes of at least 4 members (excludes halogenated alkanes) is 1. The van der Waals surface area contributed by atoms with E-state index < -0.39 is 11.4 Å². The molecule has 0 radical (unpaired) electrons. The van der Waals surface area contributed by atoms with Crippen molar-refractivity contribution in [3.05, 3.63) is 0 Å². The first-order chi connectivity index (χ1) is 8.55. The van der Waals surface area contributed by atoms with Crippen LogP contribution >= 0.6 is 0 Å². The van der Waals surface area contributed by atoms with Crippen LogP contribution in [0.5, 0.6) is 0 Å². The van der Waals surface area contributed by atoms with E-state index in [0.717, 1.165) is 6.42 Å². The number of aliphatic carboxylic acids is 1. The Hall–Kier alpha value is -1.70. The smallest absolute Gasteiger partial charge is 0.317 e. The molecule has 18 heavy (non-hydrogen) atoms. The molecule has 0 spiro atoms. The monoisotopic (exact) mass is 252 g/mol. The highest BCUT2D eigenvalue weighted by Gasteiger charge is 2.44. The van der Waals surface area contributed by atoms with Crippen LogP contribution in [0, 0.1) is 17.8 Å². The first-order valence-electron chi connectivity index (χ1n) is 6.25. The summed E-state index contributed by atoms with van der Waals surface area (Å²) in [5, 5.41) is 12.0. The van der Waals surface area contributed by atoms with Crippen molar-refractivity contribution in [1.82, 2.24) is 10.2 Å². The van der Waals surface area contributed by atoms with Gasteiger partial charge in [-0.3, -0.25) is 4.79 Å². The van der Waals surface area contributed by atoms with Gasteiger partial charge in [-0.15, -0.1) is 12.3 Å². The molecule has 0 aromatic heterocycles. The van der Waals surface area contributed by atoms with Gasteiger partial charge in [0.2, 0.25) is 0 Å². The van der Waals surface area contributed by atoms with Crippen molar-refractivity contribution >= 4 is 12.0 Å². The number of nitrogens with zero attached hydrogens (tertiary/aromatic N) is 1. The van der Waals surface area contributed by atoms with Crippen LogP contribution in [0.3, 0.4) is 0 Å². The van der Waals surface area contributed by atoms with E-state index in [1.165, 1.54) is 0 Å². The number of rotatable bonds is 5. The molecule has 1 rings (SSSR count). The van der Waals surface area contributed by atoms with Crippen LogP contribution in [0.25, 0.3) is 0 Å². The molecule has 1 aliphatic heterocycles. The van der Waals surface area contributed by atoms with Crippen molar-refractivity contribution in [1.29, 1.82) is 0 Å². The molecule has 1 aliphatic rings. The van der Waals surface area contributed by atoms with E-state index in [-0.39, 0.29) is 6.03 Å². The first kappa shape index (κ1) is 14.4. The summed E-state index contributed by atoms with van der Waals surface area (Å²) in [6.45, 7) is 3.18. The Morgan fingerprint density at radius 2 is 2.28 bits per heavy atom. The molecule has 0 saturated carbocycles. The minimum atomic E-state index is -0.812. The van der Waals surface area contributed by atoms with Crippen molar-refractivity contribution in [3.8, 4) is 12.3 Å². The second-order valence-electron chi connectivity index (χ2n) is 4.65. The third-order valence-corrected chi connectivity index (χ3v) is 3.55. The van der Waals surface area contributed by atoms with Gasteiger partial charge in [-0.2, -0.15) is 0 Å². The molecule has 100 valence electrons. The molecule has 1 saturated heterocycles. The number of carbonyl (C=O) groups excluding carboxylic acids is 1. The molecular weight excluding hydrogens is 232 g/mol. The summed E-state index contributed by atoms with van der Waals surface area (Å²) in [7, 11) is 0. The number of nitrogens with one attached hydrogen (secondary N) is 1. The molecule has 0 aromatic carbocycles. The molecular formula is C13H20N2O3. The van der Waals surface area contributed by atoms with Crippen LogP contribution in [0.15, 0.2) is 0 Å². The number of carboxylic acids is 1. The Labute approximate surface area is 108 Å². The van der Waals surface area contributed by atoms with Crippen LogP contribution in [-0.4, -0.2) is 41.6 Å². The second-order valence-corrected chi connectivity index (χ2v) is 4.65. The molecule has 5 nitrogen and oxygen atoms in total. The third kappa shape index (κ3) is 3.16. The molecule has 0 bridgehead atoms. The van der Waals surface area contributed by atoms with Crippen LogP contribution in [0.1, 0.15) is 32.6 Å². The van der Waals surface area contributed by atoms with Crippen LogP contribution < -0.4 is 5.32 Å². The van der Waals surface area contributed by atoms with E-state index in [2.05, 4.69) is 11.2 Å². The van der Waals surface area contributed by atoms with E-state index in [1.54, 1.807) is 4.90 Å². The van der Waals surface area contributed by atoms with E-state index >= 15 is 0 Å². The molecule has 5 heteroatoms. The van der Waals surface area contributed by atoms with Crippen molar-refractivity contribution in [2.75, 3.05) is 19.6 Å². The topological polar surface area (TPSA) is 69.6 Å². The van der Waals surface area contributed by atoms with Crippen molar-refractivity contribution in [2.45, 2.75) is 32.6 Å². The second kappa shape index (κ2) is 6.29. The zero-order chi connectivity index (χ0) is 13.6. The lowest BCUT2D eigenvalue weighted by atomic mass is 9.84. The molecule has 0 aromatic rings. The SMILES string of the molecule is C#CCCCNC(=O)N1CCC(CC)(C(=O)O)C1. The predicted octanol–water partition coefficient (Wildman–Crippen LogP) is 1.30. The molecule has 0 aliphatic carbocycles. The molecule has 1 unspecified atom stereocenters. The number of amides is 2. The average molecular weight is 252 g/mol. The number of terminal acetylenes is 1. The van der Waals surface area contributed by atoms with E-state index in [4.69, 9.17) is 6.42 Å². The number of hydrogen-bond acceptors (Lipinski definition) is 2. The van der Waals surface area contributed by atoms with Gasteiger partial charge in [0.05, 0.1) is 5.41 Å². The Bertz CT molecular complexity index is 362.